The van der Waals surface area contributed by atoms with Crippen molar-refractivity contribution in [2.75, 3.05) is 5.32 Å². The number of nitrogens with zero attached hydrogens (tertiary/aromatic N) is 4. The summed E-state index contributed by atoms with van der Waals surface area (Å²) in [5.41, 5.74) is -0.658. The SMILES string of the molecule is O=C(Nc1cc(Oc2ccc(Br)cc2)cc([N+](=O)[O-])c1)C12C[C@H]3C[C@@H](C1)CC(n1cnc(Cl)n1)(C3)C2. The molecule has 4 aliphatic rings. The Balaban J connectivity index is 1.29. The Morgan fingerprint density at radius 1 is 1.14 bits per heavy atom. The van der Waals surface area contributed by atoms with E-state index in [1.54, 1.807) is 24.5 Å². The van der Waals surface area contributed by atoms with Crippen LogP contribution in [0.5, 0.6) is 11.5 Å². The quantitative estimate of drug-likeness (QED) is 0.273. The lowest BCUT2D eigenvalue weighted by molar-refractivity contribution is -0.384. The second-order valence-corrected chi connectivity index (χ2v) is 11.7. The Kier molecular flexibility index (Phi) is 5.56. The van der Waals surface area contributed by atoms with Crippen LogP contribution in [-0.4, -0.2) is 25.6 Å². The number of nitrogens with one attached hydrogen (secondary N) is 1. The van der Waals surface area contributed by atoms with Gasteiger partial charge in [0.05, 0.1) is 27.6 Å². The highest BCUT2D eigenvalue weighted by molar-refractivity contribution is 9.10. The molecule has 2 aromatic carbocycles. The van der Waals surface area contributed by atoms with Crippen molar-refractivity contribution in [1.29, 1.82) is 0 Å². The first-order valence-corrected chi connectivity index (χ1v) is 13.0. The maximum atomic E-state index is 13.8. The molecular formula is C25H23BrClN5O4. The van der Waals surface area contributed by atoms with Crippen LogP contribution >= 0.6 is 27.5 Å². The minimum Gasteiger partial charge on any atom is -0.457 e. The van der Waals surface area contributed by atoms with E-state index in [4.69, 9.17) is 16.3 Å². The van der Waals surface area contributed by atoms with Gasteiger partial charge in [-0.3, -0.25) is 14.9 Å². The van der Waals surface area contributed by atoms with Gasteiger partial charge in [-0.15, -0.1) is 5.10 Å². The molecule has 4 bridgehead atoms. The summed E-state index contributed by atoms with van der Waals surface area (Å²) in [6.45, 7) is 0. The highest BCUT2D eigenvalue weighted by Crippen LogP contribution is 2.64. The van der Waals surface area contributed by atoms with Gasteiger partial charge in [-0.25, -0.2) is 9.67 Å². The lowest BCUT2D eigenvalue weighted by Gasteiger charge is -2.60. The van der Waals surface area contributed by atoms with Crippen molar-refractivity contribution < 1.29 is 14.5 Å². The smallest absolute Gasteiger partial charge is 0.275 e. The lowest BCUT2D eigenvalue weighted by Crippen LogP contribution is -2.60. The largest absolute Gasteiger partial charge is 0.457 e. The molecule has 1 amide bonds. The number of anilines is 1. The van der Waals surface area contributed by atoms with Gasteiger partial charge in [0.1, 0.15) is 17.8 Å². The normalized spacial score (nSPS) is 28.2. The molecule has 1 heterocycles. The average Bonchev–Trinajstić information content (AvgIpc) is 3.27. The molecule has 1 aromatic heterocycles. The zero-order valence-electron chi connectivity index (χ0n) is 19.2. The van der Waals surface area contributed by atoms with Crippen molar-refractivity contribution in [3.8, 4) is 11.5 Å². The third-order valence-corrected chi connectivity index (χ3v) is 8.57. The molecule has 0 aliphatic heterocycles. The Hall–Kier alpha value is -2.98. The summed E-state index contributed by atoms with van der Waals surface area (Å²) >= 11 is 9.41. The number of carbonyl (C=O) groups excluding carboxylic acids is 1. The van der Waals surface area contributed by atoms with Gasteiger partial charge >= 0.3 is 0 Å². The zero-order valence-corrected chi connectivity index (χ0v) is 21.5. The van der Waals surface area contributed by atoms with Crippen molar-refractivity contribution in [2.24, 2.45) is 17.3 Å². The highest BCUT2D eigenvalue weighted by Gasteiger charge is 2.61. The van der Waals surface area contributed by atoms with Crippen LogP contribution in [-0.2, 0) is 10.3 Å². The molecule has 0 spiro atoms. The van der Waals surface area contributed by atoms with Gasteiger partial charge in [0.25, 0.3) is 5.69 Å². The minimum absolute atomic E-state index is 0.109. The lowest BCUT2D eigenvalue weighted by atomic mass is 9.46. The monoisotopic (exact) mass is 571 g/mol. The van der Waals surface area contributed by atoms with E-state index in [9.17, 15) is 14.9 Å². The number of nitro groups is 1. The topological polar surface area (TPSA) is 112 Å². The van der Waals surface area contributed by atoms with E-state index in [1.807, 2.05) is 16.8 Å². The summed E-state index contributed by atoms with van der Waals surface area (Å²) in [7, 11) is 0. The van der Waals surface area contributed by atoms with Crippen LogP contribution in [0.2, 0.25) is 5.28 Å². The number of ether oxygens (including phenoxy) is 1. The summed E-state index contributed by atoms with van der Waals surface area (Å²) in [6.07, 6.45) is 6.96. The Morgan fingerprint density at radius 3 is 2.50 bits per heavy atom. The van der Waals surface area contributed by atoms with E-state index >= 15 is 0 Å². The van der Waals surface area contributed by atoms with Crippen molar-refractivity contribution in [2.45, 2.75) is 44.1 Å². The fraction of sp³-hybridized carbons (Fsp3) is 0.400. The van der Waals surface area contributed by atoms with E-state index in [0.29, 0.717) is 29.7 Å². The second-order valence-electron chi connectivity index (χ2n) is 10.4. The Bertz CT molecular complexity index is 1350. The molecule has 0 saturated heterocycles. The fourth-order valence-electron chi connectivity index (χ4n) is 6.94. The third kappa shape index (κ3) is 4.16. The van der Waals surface area contributed by atoms with Gasteiger partial charge in [0.2, 0.25) is 11.2 Å². The second kappa shape index (κ2) is 8.55. The first-order chi connectivity index (χ1) is 17.2. The summed E-state index contributed by atoms with van der Waals surface area (Å²) in [5, 5.41) is 19.2. The van der Waals surface area contributed by atoms with Crippen LogP contribution in [0.15, 0.2) is 53.3 Å². The predicted octanol–water partition coefficient (Wildman–Crippen LogP) is 6.33. The van der Waals surface area contributed by atoms with E-state index in [1.165, 1.54) is 12.1 Å². The van der Waals surface area contributed by atoms with Crippen molar-refractivity contribution in [1.82, 2.24) is 14.8 Å². The van der Waals surface area contributed by atoms with Crippen molar-refractivity contribution in [3.63, 3.8) is 0 Å². The van der Waals surface area contributed by atoms with E-state index in [-0.39, 0.29) is 28.2 Å². The minimum atomic E-state index is -0.570. The number of aromatic nitrogens is 3. The molecule has 4 aliphatic carbocycles. The average molecular weight is 573 g/mol. The van der Waals surface area contributed by atoms with Crippen molar-refractivity contribution in [3.05, 3.63) is 68.7 Å². The Labute approximate surface area is 220 Å². The molecule has 2 unspecified atom stereocenters. The number of benzene rings is 2. The number of carbonyl (C=O) groups is 1. The number of hydrogen-bond acceptors (Lipinski definition) is 6. The third-order valence-electron chi connectivity index (χ3n) is 7.87. The number of halogens is 2. The van der Waals surface area contributed by atoms with Gasteiger partial charge in [-0.2, -0.15) is 0 Å². The van der Waals surface area contributed by atoms with Gasteiger partial charge in [-0.05, 0) is 86.2 Å². The number of nitro benzene ring substituents is 1. The van der Waals surface area contributed by atoms with Gasteiger partial charge in [-0.1, -0.05) is 15.9 Å². The predicted molar refractivity (Wildman–Crippen MR) is 136 cm³/mol. The van der Waals surface area contributed by atoms with Crippen LogP contribution in [0.4, 0.5) is 11.4 Å². The maximum Gasteiger partial charge on any atom is 0.275 e. The summed E-state index contributed by atoms with van der Waals surface area (Å²) in [4.78, 5) is 29.1. The van der Waals surface area contributed by atoms with E-state index < -0.39 is 10.3 Å². The molecule has 1 N–H and O–H groups in total. The number of hydrogen-bond donors (Lipinski definition) is 1. The van der Waals surface area contributed by atoms with Crippen molar-refractivity contribution >= 4 is 44.8 Å². The molecule has 186 valence electrons. The number of non-ortho nitro benzene ring substituents is 1. The molecular weight excluding hydrogens is 550 g/mol. The molecule has 3 aromatic rings. The van der Waals surface area contributed by atoms with Gasteiger partial charge in [0.15, 0.2) is 0 Å². The molecule has 4 fully saturated rings. The zero-order chi connectivity index (χ0) is 25.1. The van der Waals surface area contributed by atoms with Gasteiger partial charge < -0.3 is 10.1 Å². The van der Waals surface area contributed by atoms with Gasteiger partial charge in [0, 0.05) is 16.6 Å². The van der Waals surface area contributed by atoms with Crippen LogP contribution < -0.4 is 10.1 Å². The summed E-state index contributed by atoms with van der Waals surface area (Å²) in [5.74, 6) is 1.54. The number of rotatable bonds is 6. The first-order valence-electron chi connectivity index (χ1n) is 11.8. The molecule has 4 saturated carbocycles. The van der Waals surface area contributed by atoms with Crippen LogP contribution in [0.1, 0.15) is 38.5 Å². The van der Waals surface area contributed by atoms with E-state index in [0.717, 1.165) is 36.6 Å². The number of amides is 1. The highest BCUT2D eigenvalue weighted by atomic mass is 79.9. The van der Waals surface area contributed by atoms with Crippen LogP contribution in [0.3, 0.4) is 0 Å². The Morgan fingerprint density at radius 2 is 1.86 bits per heavy atom. The first kappa shape index (κ1) is 23.4. The molecule has 7 rings (SSSR count). The molecule has 11 heteroatoms. The van der Waals surface area contributed by atoms with E-state index in [2.05, 4.69) is 31.3 Å². The molecule has 4 atom stereocenters. The van der Waals surface area contributed by atoms with Crippen LogP contribution in [0, 0.1) is 27.4 Å². The molecule has 0 radical (unpaired) electrons. The fourth-order valence-corrected chi connectivity index (χ4v) is 7.33. The summed E-state index contributed by atoms with van der Waals surface area (Å²) in [6, 6.07) is 11.5. The maximum absolute atomic E-state index is 13.8. The molecule has 36 heavy (non-hydrogen) atoms. The summed E-state index contributed by atoms with van der Waals surface area (Å²) < 4.78 is 8.62. The van der Waals surface area contributed by atoms with Crippen LogP contribution in [0.25, 0.3) is 0 Å². The standard InChI is InChI=1S/C25H23BrClN5O4/c26-17-1-3-20(4-2-17)36-21-7-18(6-19(8-21)32(34)35)29-22(33)24-9-15-5-16(10-24)12-25(11-15,13-24)31-14-28-23(27)30-31/h1-4,6-8,14-16H,5,9-13H2,(H,29,33)/t15-,16+,24?,25?. The molecule has 9 nitrogen and oxygen atoms in total.